The maximum absolute atomic E-state index is 12.5. The molecular formula is C21H21N3O5. The van der Waals surface area contributed by atoms with Crippen LogP contribution in [0.15, 0.2) is 42.5 Å². The molecule has 150 valence electrons. The number of urea groups is 1. The smallest absolute Gasteiger partial charge is 0.338 e. The van der Waals surface area contributed by atoms with Gasteiger partial charge >= 0.3 is 12.0 Å². The molecule has 1 heterocycles. The number of hydrogen-bond donors (Lipinski definition) is 2. The fourth-order valence-electron chi connectivity index (χ4n) is 2.99. The number of carbonyl (C=O) groups is 4. The average Bonchev–Trinajstić information content (AvgIpc) is 3.01. The summed E-state index contributed by atoms with van der Waals surface area (Å²) in [7, 11) is 0. The number of ether oxygens (including phenoxy) is 1. The number of esters is 1. The van der Waals surface area contributed by atoms with Crippen LogP contribution in [0.3, 0.4) is 0 Å². The zero-order chi connectivity index (χ0) is 21.0. The lowest BCUT2D eigenvalue weighted by Gasteiger charge is -2.15. The third kappa shape index (κ3) is 4.78. The van der Waals surface area contributed by atoms with E-state index >= 15 is 0 Å². The van der Waals surface area contributed by atoms with Gasteiger partial charge in [0.25, 0.3) is 5.91 Å². The van der Waals surface area contributed by atoms with Crippen molar-refractivity contribution in [2.24, 2.45) is 0 Å². The highest BCUT2D eigenvalue weighted by Crippen LogP contribution is 2.17. The van der Waals surface area contributed by atoms with E-state index in [4.69, 9.17) is 4.74 Å². The molecule has 0 atom stereocenters. The highest BCUT2D eigenvalue weighted by molar-refractivity contribution is 6.02. The van der Waals surface area contributed by atoms with E-state index in [2.05, 4.69) is 10.6 Å². The molecule has 1 aliphatic heterocycles. The lowest BCUT2D eigenvalue weighted by atomic mass is 10.1. The molecule has 3 rings (SSSR count). The third-order valence-electron chi connectivity index (χ3n) is 4.49. The maximum atomic E-state index is 12.5. The van der Waals surface area contributed by atoms with Gasteiger partial charge < -0.3 is 15.4 Å². The molecule has 0 unspecified atom stereocenters. The molecule has 29 heavy (non-hydrogen) atoms. The van der Waals surface area contributed by atoms with Crippen molar-refractivity contribution in [3.63, 3.8) is 0 Å². The van der Waals surface area contributed by atoms with E-state index in [0.29, 0.717) is 11.3 Å². The first-order valence-corrected chi connectivity index (χ1v) is 9.05. The molecule has 4 amide bonds. The zero-order valence-corrected chi connectivity index (χ0v) is 16.2. The Labute approximate surface area is 167 Å². The quantitative estimate of drug-likeness (QED) is 0.576. The van der Waals surface area contributed by atoms with Crippen molar-refractivity contribution in [3.05, 3.63) is 64.7 Å². The van der Waals surface area contributed by atoms with Crippen LogP contribution in [0, 0.1) is 13.8 Å². The van der Waals surface area contributed by atoms with E-state index in [0.717, 1.165) is 16.0 Å². The van der Waals surface area contributed by atoms with E-state index in [1.165, 1.54) is 6.07 Å². The molecule has 0 aliphatic carbocycles. The Bertz CT molecular complexity index is 970. The predicted molar refractivity (Wildman–Crippen MR) is 105 cm³/mol. The van der Waals surface area contributed by atoms with Crippen LogP contribution >= 0.6 is 0 Å². The van der Waals surface area contributed by atoms with Gasteiger partial charge in [-0.15, -0.1) is 0 Å². The van der Waals surface area contributed by atoms with Crippen molar-refractivity contribution in [2.45, 2.75) is 20.4 Å². The minimum absolute atomic E-state index is 0.0509. The van der Waals surface area contributed by atoms with Gasteiger partial charge in [0.1, 0.15) is 0 Å². The Kier molecular flexibility index (Phi) is 5.92. The van der Waals surface area contributed by atoms with E-state index < -0.39 is 24.5 Å². The maximum Gasteiger partial charge on any atom is 0.338 e. The number of nitrogens with one attached hydrogen (secondary N) is 2. The molecule has 1 aliphatic rings. The molecule has 0 spiro atoms. The number of aryl methyl sites for hydroxylation is 2. The van der Waals surface area contributed by atoms with Crippen molar-refractivity contribution in [3.8, 4) is 0 Å². The summed E-state index contributed by atoms with van der Waals surface area (Å²) in [6.45, 7) is 3.26. The van der Waals surface area contributed by atoms with Crippen LogP contribution in [-0.2, 0) is 20.9 Å². The summed E-state index contributed by atoms with van der Waals surface area (Å²) in [5.41, 5.74) is 3.28. The third-order valence-corrected chi connectivity index (χ3v) is 4.49. The Balaban J connectivity index is 1.63. The Morgan fingerprint density at radius 2 is 1.90 bits per heavy atom. The fraction of sp³-hybridized carbons (Fsp3) is 0.238. The summed E-state index contributed by atoms with van der Waals surface area (Å²) >= 11 is 0. The summed E-state index contributed by atoms with van der Waals surface area (Å²) in [5.74, 6) is -1.54. The van der Waals surface area contributed by atoms with Crippen LogP contribution in [0.1, 0.15) is 27.0 Å². The molecule has 0 bridgehead atoms. The second-order valence-electron chi connectivity index (χ2n) is 6.74. The van der Waals surface area contributed by atoms with Crippen molar-refractivity contribution >= 4 is 29.5 Å². The second kappa shape index (κ2) is 8.55. The first-order valence-electron chi connectivity index (χ1n) is 9.05. The molecule has 0 aromatic heterocycles. The number of amides is 4. The van der Waals surface area contributed by atoms with E-state index in [9.17, 15) is 19.2 Å². The molecule has 2 aromatic rings. The lowest BCUT2D eigenvalue weighted by Crippen LogP contribution is -2.31. The topological polar surface area (TPSA) is 105 Å². The van der Waals surface area contributed by atoms with Gasteiger partial charge in [0, 0.05) is 5.69 Å². The molecule has 8 heteroatoms. The van der Waals surface area contributed by atoms with Crippen LogP contribution in [0.2, 0.25) is 0 Å². The normalized spacial score (nSPS) is 13.2. The van der Waals surface area contributed by atoms with E-state index in [1.807, 2.05) is 26.0 Å². The minimum Gasteiger partial charge on any atom is -0.452 e. The standard InChI is InChI=1S/C21H21N3O5/c1-13-7-8-17(14(2)9-13)23-18(25)12-29-20(27)16-6-4-3-5-15(16)11-24-19(26)10-22-21(24)28/h3-9H,10-12H2,1-2H3,(H,22,28)(H,23,25). The number of benzene rings is 2. The van der Waals surface area contributed by atoms with Gasteiger partial charge in [-0.1, -0.05) is 35.9 Å². The number of anilines is 1. The monoisotopic (exact) mass is 395 g/mol. The zero-order valence-electron chi connectivity index (χ0n) is 16.2. The van der Waals surface area contributed by atoms with Crippen molar-refractivity contribution < 1.29 is 23.9 Å². The lowest BCUT2D eigenvalue weighted by molar-refractivity contribution is -0.125. The number of hydrogen-bond acceptors (Lipinski definition) is 5. The van der Waals surface area contributed by atoms with Gasteiger partial charge in [-0.2, -0.15) is 0 Å². The second-order valence-corrected chi connectivity index (χ2v) is 6.74. The average molecular weight is 395 g/mol. The molecular weight excluding hydrogens is 374 g/mol. The summed E-state index contributed by atoms with van der Waals surface area (Å²) < 4.78 is 5.13. The van der Waals surface area contributed by atoms with Crippen molar-refractivity contribution in [1.29, 1.82) is 0 Å². The Hall–Kier alpha value is -3.68. The SMILES string of the molecule is Cc1ccc(NC(=O)COC(=O)c2ccccc2CN2C(=O)CNC2=O)c(C)c1. The highest BCUT2D eigenvalue weighted by Gasteiger charge is 2.29. The predicted octanol–water partition coefficient (Wildman–Crippen LogP) is 2.15. The Morgan fingerprint density at radius 1 is 1.14 bits per heavy atom. The first-order chi connectivity index (χ1) is 13.8. The molecule has 2 N–H and O–H groups in total. The van der Waals surface area contributed by atoms with Crippen LogP contribution < -0.4 is 10.6 Å². The van der Waals surface area contributed by atoms with Crippen molar-refractivity contribution in [2.75, 3.05) is 18.5 Å². The molecule has 1 fully saturated rings. The van der Waals surface area contributed by atoms with Gasteiger partial charge in [0.15, 0.2) is 6.61 Å². The first kappa shape index (κ1) is 20.1. The van der Waals surface area contributed by atoms with Crippen LogP contribution in [0.4, 0.5) is 10.5 Å². The Morgan fingerprint density at radius 3 is 2.59 bits per heavy atom. The highest BCUT2D eigenvalue weighted by atomic mass is 16.5. The molecule has 2 aromatic carbocycles. The summed E-state index contributed by atoms with van der Waals surface area (Å²) in [5, 5.41) is 5.14. The number of imide groups is 1. The summed E-state index contributed by atoms with van der Waals surface area (Å²) in [4.78, 5) is 49.1. The number of rotatable bonds is 6. The van der Waals surface area contributed by atoms with Crippen LogP contribution in [0.25, 0.3) is 0 Å². The summed E-state index contributed by atoms with van der Waals surface area (Å²) in [6.07, 6.45) is 0. The summed E-state index contributed by atoms with van der Waals surface area (Å²) in [6, 6.07) is 11.6. The number of nitrogens with zero attached hydrogens (tertiary/aromatic N) is 1. The van der Waals surface area contributed by atoms with Crippen molar-refractivity contribution in [1.82, 2.24) is 10.2 Å². The molecule has 8 nitrogen and oxygen atoms in total. The van der Waals surface area contributed by atoms with Gasteiger partial charge in [-0.3, -0.25) is 14.5 Å². The molecule has 0 radical (unpaired) electrons. The minimum atomic E-state index is -0.705. The van der Waals surface area contributed by atoms with Gasteiger partial charge in [-0.05, 0) is 37.1 Å². The van der Waals surface area contributed by atoms with E-state index in [-0.39, 0.29) is 24.6 Å². The van der Waals surface area contributed by atoms with Gasteiger partial charge in [0.2, 0.25) is 5.91 Å². The van der Waals surface area contributed by atoms with Crippen LogP contribution in [0.5, 0.6) is 0 Å². The van der Waals surface area contributed by atoms with Gasteiger partial charge in [-0.25, -0.2) is 9.59 Å². The largest absolute Gasteiger partial charge is 0.452 e. The van der Waals surface area contributed by atoms with E-state index in [1.54, 1.807) is 24.3 Å². The molecule has 0 saturated carbocycles. The fourth-order valence-corrected chi connectivity index (χ4v) is 2.99. The van der Waals surface area contributed by atoms with Crippen LogP contribution in [-0.4, -0.2) is 41.9 Å². The van der Waals surface area contributed by atoms with Gasteiger partial charge in [0.05, 0.1) is 18.7 Å². The number of carbonyl (C=O) groups excluding carboxylic acids is 4. The molecule has 1 saturated heterocycles.